The van der Waals surface area contributed by atoms with Crippen molar-refractivity contribution < 1.29 is 14.6 Å². The van der Waals surface area contributed by atoms with Gasteiger partial charge in [0, 0.05) is 31.4 Å². The van der Waals surface area contributed by atoms with Gasteiger partial charge in [-0.3, -0.25) is 9.89 Å². The summed E-state index contributed by atoms with van der Waals surface area (Å²) in [5.74, 6) is 0.120. The van der Waals surface area contributed by atoms with Gasteiger partial charge >= 0.3 is 0 Å². The standard InChI is InChI=1S/C23H25N3O3/c1-14-12-15(2)22(27)17(13-14)19-18-20(25-24-19)23(28)26(10-7-11-29-3)21(18)16-8-5-4-6-9-16/h4-6,8-9,12-13,21,27H,7,10-11H2,1-3H3,(H,24,25). The van der Waals surface area contributed by atoms with Crippen molar-refractivity contribution in [3.8, 4) is 17.0 Å². The quantitative estimate of drug-likeness (QED) is 0.623. The highest BCUT2D eigenvalue weighted by atomic mass is 16.5. The lowest BCUT2D eigenvalue weighted by molar-refractivity contribution is 0.0723. The molecule has 0 bridgehead atoms. The molecule has 1 amide bonds. The number of hydrogen-bond acceptors (Lipinski definition) is 4. The molecule has 29 heavy (non-hydrogen) atoms. The van der Waals surface area contributed by atoms with Crippen LogP contribution >= 0.6 is 0 Å². The highest BCUT2D eigenvalue weighted by Gasteiger charge is 2.42. The van der Waals surface area contributed by atoms with Crippen LogP contribution in [-0.2, 0) is 4.74 Å². The van der Waals surface area contributed by atoms with Gasteiger partial charge in [-0.1, -0.05) is 36.4 Å². The minimum Gasteiger partial charge on any atom is -0.507 e. The van der Waals surface area contributed by atoms with E-state index in [9.17, 15) is 9.90 Å². The molecule has 0 spiro atoms. The topological polar surface area (TPSA) is 78.5 Å². The Morgan fingerprint density at radius 3 is 2.69 bits per heavy atom. The third-order valence-electron chi connectivity index (χ3n) is 5.43. The Labute approximate surface area is 170 Å². The smallest absolute Gasteiger partial charge is 0.273 e. The maximum absolute atomic E-state index is 13.2. The van der Waals surface area contributed by atoms with E-state index in [0.717, 1.165) is 28.7 Å². The first-order valence-electron chi connectivity index (χ1n) is 9.76. The molecular formula is C23H25N3O3. The van der Waals surface area contributed by atoms with Crippen LogP contribution in [0.5, 0.6) is 5.75 Å². The predicted molar refractivity (Wildman–Crippen MR) is 111 cm³/mol. The van der Waals surface area contributed by atoms with E-state index in [0.29, 0.717) is 30.1 Å². The van der Waals surface area contributed by atoms with Gasteiger partial charge in [-0.2, -0.15) is 5.10 Å². The van der Waals surface area contributed by atoms with Gasteiger partial charge in [0.05, 0.1) is 6.04 Å². The number of methoxy groups -OCH3 is 1. The second-order valence-corrected chi connectivity index (χ2v) is 7.50. The number of ether oxygens (including phenoxy) is 1. The highest BCUT2D eigenvalue weighted by Crippen LogP contribution is 2.45. The highest BCUT2D eigenvalue weighted by molar-refractivity contribution is 6.00. The van der Waals surface area contributed by atoms with E-state index in [1.165, 1.54) is 0 Å². The zero-order valence-corrected chi connectivity index (χ0v) is 16.9. The lowest BCUT2D eigenvalue weighted by atomic mass is 9.94. The van der Waals surface area contributed by atoms with Crippen LogP contribution in [0.1, 0.15) is 45.2 Å². The van der Waals surface area contributed by atoms with Crippen LogP contribution in [0.2, 0.25) is 0 Å². The molecule has 1 aliphatic heterocycles. The number of amides is 1. The number of rotatable bonds is 6. The molecule has 2 heterocycles. The van der Waals surface area contributed by atoms with E-state index >= 15 is 0 Å². The van der Waals surface area contributed by atoms with E-state index < -0.39 is 0 Å². The van der Waals surface area contributed by atoms with E-state index in [4.69, 9.17) is 4.74 Å². The van der Waals surface area contributed by atoms with Crippen LogP contribution in [0.3, 0.4) is 0 Å². The number of carbonyl (C=O) groups excluding carboxylic acids is 1. The Morgan fingerprint density at radius 2 is 1.97 bits per heavy atom. The predicted octanol–water partition coefficient (Wildman–Crippen LogP) is 3.98. The molecule has 6 nitrogen and oxygen atoms in total. The van der Waals surface area contributed by atoms with Crippen molar-refractivity contribution in [3.63, 3.8) is 0 Å². The van der Waals surface area contributed by atoms with Crippen molar-refractivity contribution in [3.05, 3.63) is 70.4 Å². The second-order valence-electron chi connectivity index (χ2n) is 7.50. The summed E-state index contributed by atoms with van der Waals surface area (Å²) in [6.07, 6.45) is 0.743. The lowest BCUT2D eigenvalue weighted by Gasteiger charge is -2.26. The minimum atomic E-state index is -0.260. The summed E-state index contributed by atoms with van der Waals surface area (Å²) in [7, 11) is 1.66. The molecule has 4 rings (SSSR count). The molecular weight excluding hydrogens is 366 g/mol. The Morgan fingerprint density at radius 1 is 1.21 bits per heavy atom. The summed E-state index contributed by atoms with van der Waals surface area (Å²) in [4.78, 5) is 15.1. The maximum atomic E-state index is 13.2. The number of nitrogens with one attached hydrogen (secondary N) is 1. The van der Waals surface area contributed by atoms with Crippen LogP contribution < -0.4 is 0 Å². The normalized spacial score (nSPS) is 15.8. The number of aryl methyl sites for hydroxylation is 2. The first-order chi connectivity index (χ1) is 14.0. The third-order valence-corrected chi connectivity index (χ3v) is 5.43. The molecule has 3 aromatic rings. The first-order valence-corrected chi connectivity index (χ1v) is 9.76. The number of benzene rings is 2. The SMILES string of the molecule is COCCCN1C(=O)c2[nH]nc(-c3cc(C)cc(C)c3O)c2C1c1ccccc1. The number of carbonyl (C=O) groups is 1. The van der Waals surface area contributed by atoms with Gasteiger partial charge in [-0.25, -0.2) is 0 Å². The van der Waals surface area contributed by atoms with Gasteiger partial charge in [0.2, 0.25) is 0 Å². The number of phenols is 1. The Balaban J connectivity index is 1.87. The van der Waals surface area contributed by atoms with E-state index in [-0.39, 0.29) is 17.7 Å². The molecule has 150 valence electrons. The van der Waals surface area contributed by atoms with Gasteiger partial charge in [0.15, 0.2) is 0 Å². The lowest BCUT2D eigenvalue weighted by Crippen LogP contribution is -2.31. The first kappa shape index (κ1) is 19.2. The van der Waals surface area contributed by atoms with Crippen LogP contribution in [0.15, 0.2) is 42.5 Å². The summed E-state index contributed by atoms with van der Waals surface area (Å²) < 4.78 is 5.18. The molecule has 2 N–H and O–H groups in total. The molecule has 2 aromatic carbocycles. The molecule has 0 saturated heterocycles. The van der Waals surface area contributed by atoms with Gasteiger partial charge in [0.25, 0.3) is 5.91 Å². The average Bonchev–Trinajstić information content (AvgIpc) is 3.25. The number of phenolic OH excluding ortho intramolecular Hbond substituents is 1. The Hall–Kier alpha value is -3.12. The van der Waals surface area contributed by atoms with Crippen molar-refractivity contribution in [1.82, 2.24) is 15.1 Å². The largest absolute Gasteiger partial charge is 0.507 e. The fraction of sp³-hybridized carbons (Fsp3) is 0.304. The maximum Gasteiger partial charge on any atom is 0.273 e. The fourth-order valence-corrected chi connectivity index (χ4v) is 4.13. The van der Waals surface area contributed by atoms with Crippen molar-refractivity contribution in [2.75, 3.05) is 20.3 Å². The van der Waals surface area contributed by atoms with E-state index in [1.54, 1.807) is 7.11 Å². The van der Waals surface area contributed by atoms with Crippen molar-refractivity contribution in [2.45, 2.75) is 26.3 Å². The van der Waals surface area contributed by atoms with Gasteiger partial charge < -0.3 is 14.7 Å². The molecule has 1 aromatic heterocycles. The number of fused-ring (bicyclic) bond motifs is 1. The molecule has 0 saturated carbocycles. The Bertz CT molecular complexity index is 1040. The van der Waals surface area contributed by atoms with Gasteiger partial charge in [-0.15, -0.1) is 0 Å². The molecule has 6 heteroatoms. The van der Waals surface area contributed by atoms with Gasteiger partial charge in [-0.05, 0) is 43.0 Å². The number of nitrogens with zero attached hydrogens (tertiary/aromatic N) is 2. The average molecular weight is 391 g/mol. The summed E-state index contributed by atoms with van der Waals surface area (Å²) in [5, 5.41) is 18.1. The zero-order chi connectivity index (χ0) is 20.5. The summed E-state index contributed by atoms with van der Waals surface area (Å²) in [5.41, 5.74) is 5.42. The van der Waals surface area contributed by atoms with Crippen LogP contribution in [0, 0.1) is 13.8 Å². The minimum absolute atomic E-state index is 0.0763. The number of aromatic hydroxyl groups is 1. The third kappa shape index (κ3) is 3.29. The van der Waals surface area contributed by atoms with E-state index in [2.05, 4.69) is 10.2 Å². The second kappa shape index (κ2) is 7.72. The van der Waals surface area contributed by atoms with Crippen molar-refractivity contribution in [1.29, 1.82) is 0 Å². The number of aromatic nitrogens is 2. The molecule has 1 atom stereocenters. The van der Waals surface area contributed by atoms with Crippen molar-refractivity contribution >= 4 is 5.91 Å². The number of H-pyrrole nitrogens is 1. The zero-order valence-electron chi connectivity index (χ0n) is 16.9. The van der Waals surface area contributed by atoms with Crippen LogP contribution in [0.25, 0.3) is 11.3 Å². The van der Waals surface area contributed by atoms with Crippen LogP contribution in [-0.4, -0.2) is 46.4 Å². The molecule has 0 fully saturated rings. The fourth-order valence-electron chi connectivity index (χ4n) is 4.13. The summed E-state index contributed by atoms with van der Waals surface area (Å²) in [6, 6.07) is 13.5. The summed E-state index contributed by atoms with van der Waals surface area (Å²) in [6.45, 7) is 5.02. The number of aromatic amines is 1. The Kier molecular flexibility index (Phi) is 5.11. The monoisotopic (exact) mass is 391 g/mol. The molecule has 1 aliphatic rings. The van der Waals surface area contributed by atoms with E-state index in [1.807, 2.05) is 61.2 Å². The summed E-state index contributed by atoms with van der Waals surface area (Å²) >= 11 is 0. The van der Waals surface area contributed by atoms with Crippen molar-refractivity contribution in [2.24, 2.45) is 0 Å². The number of hydrogen-bond donors (Lipinski definition) is 2. The van der Waals surface area contributed by atoms with Gasteiger partial charge in [0.1, 0.15) is 17.1 Å². The van der Waals surface area contributed by atoms with Crippen LogP contribution in [0.4, 0.5) is 0 Å². The molecule has 0 aliphatic carbocycles. The molecule has 1 unspecified atom stereocenters. The molecule has 0 radical (unpaired) electrons.